The largest absolute Gasteiger partial charge is 0.439 e. The van der Waals surface area contributed by atoms with Crippen LogP contribution in [0.25, 0.3) is 5.69 Å². The Balaban J connectivity index is 1.48. The molecule has 0 unspecified atom stereocenters. The molecule has 0 aliphatic carbocycles. The van der Waals surface area contributed by atoms with Gasteiger partial charge in [0.15, 0.2) is 0 Å². The summed E-state index contributed by atoms with van der Waals surface area (Å²) in [5.74, 6) is 1.54. The van der Waals surface area contributed by atoms with Gasteiger partial charge in [0.1, 0.15) is 5.75 Å². The summed E-state index contributed by atoms with van der Waals surface area (Å²) in [6.45, 7) is 0.462. The molecule has 0 atom stereocenters. The van der Waals surface area contributed by atoms with E-state index in [-0.39, 0.29) is 0 Å². The van der Waals surface area contributed by atoms with Gasteiger partial charge >= 0.3 is 0 Å². The summed E-state index contributed by atoms with van der Waals surface area (Å²) in [5.41, 5.74) is 1.54. The number of hydrogen-bond donors (Lipinski definition) is 1. The number of pyridine rings is 1. The third-order valence-corrected chi connectivity index (χ3v) is 4.93. The van der Waals surface area contributed by atoms with Crippen molar-refractivity contribution in [3.05, 3.63) is 81.4 Å². The monoisotopic (exact) mass is 446 g/mol. The van der Waals surface area contributed by atoms with E-state index >= 15 is 0 Å². The first-order chi connectivity index (χ1) is 14.1. The summed E-state index contributed by atoms with van der Waals surface area (Å²) in [4.78, 5) is 4.13. The molecule has 0 fully saturated rings. The molecule has 2 aromatic carbocycles. The minimum atomic E-state index is 0.371. The van der Waals surface area contributed by atoms with Gasteiger partial charge < -0.3 is 10.1 Å². The van der Waals surface area contributed by atoms with E-state index in [0.717, 1.165) is 5.56 Å². The van der Waals surface area contributed by atoms with E-state index in [9.17, 15) is 0 Å². The van der Waals surface area contributed by atoms with Crippen molar-refractivity contribution in [2.45, 2.75) is 6.54 Å². The molecular weight excluding hydrogens is 435 g/mol. The molecule has 0 bridgehead atoms. The number of nitrogens with zero attached hydrogens (tertiary/aromatic N) is 5. The minimum absolute atomic E-state index is 0.371. The zero-order valence-electron chi connectivity index (χ0n) is 14.8. The van der Waals surface area contributed by atoms with Crippen molar-refractivity contribution in [1.29, 1.82) is 0 Å². The van der Waals surface area contributed by atoms with Crippen molar-refractivity contribution >= 4 is 40.8 Å². The fourth-order valence-electron chi connectivity index (χ4n) is 2.56. The first kappa shape index (κ1) is 19.4. The van der Waals surface area contributed by atoms with Gasteiger partial charge in [-0.05, 0) is 46.3 Å². The predicted octanol–water partition coefficient (Wildman–Crippen LogP) is 5.42. The van der Waals surface area contributed by atoms with Crippen LogP contribution in [0.1, 0.15) is 5.56 Å². The molecule has 0 amide bonds. The summed E-state index contributed by atoms with van der Waals surface area (Å²) in [5, 5.41) is 16.2. The lowest BCUT2D eigenvalue weighted by molar-refractivity contribution is 0.462. The van der Waals surface area contributed by atoms with Crippen LogP contribution in [-0.4, -0.2) is 25.2 Å². The normalized spacial score (nSPS) is 10.7. The highest BCUT2D eigenvalue weighted by molar-refractivity contribution is 6.43. The fourth-order valence-corrected chi connectivity index (χ4v) is 3.05. The molecule has 2 heterocycles. The summed E-state index contributed by atoms with van der Waals surface area (Å²) in [7, 11) is 0. The molecule has 1 N–H and O–H groups in total. The highest BCUT2D eigenvalue weighted by Gasteiger charge is 2.13. The van der Waals surface area contributed by atoms with Gasteiger partial charge in [-0.1, -0.05) is 58.1 Å². The zero-order chi connectivity index (χ0) is 20.2. The van der Waals surface area contributed by atoms with Crippen molar-refractivity contribution in [2.24, 2.45) is 0 Å². The number of anilines is 1. The highest BCUT2D eigenvalue weighted by atomic mass is 35.5. The Kier molecular flexibility index (Phi) is 5.80. The standard InChI is InChI=1S/C19H13Cl3N6O/c20-13-7-8-17(23-11-13)29-14-4-1-3-12(9-14)10-24-19-25-26-27-28(19)16-6-2-5-15(21)18(16)22/h1-9,11H,10H2,(H,24,25,27). The van der Waals surface area contributed by atoms with E-state index in [2.05, 4.69) is 25.8 Å². The van der Waals surface area contributed by atoms with Gasteiger partial charge in [-0.2, -0.15) is 4.68 Å². The van der Waals surface area contributed by atoms with Crippen molar-refractivity contribution in [2.75, 3.05) is 5.32 Å². The predicted molar refractivity (Wildman–Crippen MR) is 112 cm³/mol. The van der Waals surface area contributed by atoms with Crippen LogP contribution >= 0.6 is 34.8 Å². The van der Waals surface area contributed by atoms with Crippen molar-refractivity contribution in [1.82, 2.24) is 25.2 Å². The summed E-state index contributed by atoms with van der Waals surface area (Å²) in [6, 6.07) is 16.3. The Hall–Kier alpha value is -2.87. The van der Waals surface area contributed by atoms with E-state index in [0.29, 0.717) is 44.9 Å². The third-order valence-electron chi connectivity index (χ3n) is 3.90. The molecule has 4 rings (SSSR count). The maximum atomic E-state index is 6.27. The van der Waals surface area contributed by atoms with Crippen molar-refractivity contribution in [3.63, 3.8) is 0 Å². The van der Waals surface area contributed by atoms with Gasteiger partial charge in [0.2, 0.25) is 11.8 Å². The second kappa shape index (κ2) is 8.65. The Morgan fingerprint density at radius 3 is 2.69 bits per heavy atom. The topological polar surface area (TPSA) is 77.8 Å². The van der Waals surface area contributed by atoms with Crippen LogP contribution < -0.4 is 10.1 Å². The van der Waals surface area contributed by atoms with Crippen LogP contribution in [0.4, 0.5) is 5.95 Å². The van der Waals surface area contributed by atoms with Crippen molar-refractivity contribution in [3.8, 4) is 17.3 Å². The lowest BCUT2D eigenvalue weighted by Crippen LogP contribution is -2.08. The van der Waals surface area contributed by atoms with Crippen LogP contribution in [0.3, 0.4) is 0 Å². The van der Waals surface area contributed by atoms with Crippen LogP contribution in [-0.2, 0) is 6.54 Å². The van der Waals surface area contributed by atoms with Gasteiger partial charge in [-0.3, -0.25) is 0 Å². The van der Waals surface area contributed by atoms with Gasteiger partial charge in [0.25, 0.3) is 0 Å². The van der Waals surface area contributed by atoms with Gasteiger partial charge in [-0.15, -0.1) is 0 Å². The fraction of sp³-hybridized carbons (Fsp3) is 0.0526. The number of halogens is 3. The van der Waals surface area contributed by atoms with E-state index < -0.39 is 0 Å². The average molecular weight is 448 g/mol. The van der Waals surface area contributed by atoms with Crippen molar-refractivity contribution < 1.29 is 4.74 Å². The Bertz CT molecular complexity index is 1130. The first-order valence-electron chi connectivity index (χ1n) is 8.45. The molecule has 10 heteroatoms. The van der Waals surface area contributed by atoms with E-state index in [1.807, 2.05) is 24.3 Å². The van der Waals surface area contributed by atoms with E-state index in [1.165, 1.54) is 10.9 Å². The Morgan fingerprint density at radius 2 is 1.86 bits per heavy atom. The maximum Gasteiger partial charge on any atom is 0.248 e. The third kappa shape index (κ3) is 4.59. The highest BCUT2D eigenvalue weighted by Crippen LogP contribution is 2.29. The molecular formula is C19H13Cl3N6O. The molecule has 146 valence electrons. The average Bonchev–Trinajstić information content (AvgIpc) is 3.19. The number of aromatic nitrogens is 5. The van der Waals surface area contributed by atoms with Crippen LogP contribution in [0.5, 0.6) is 11.6 Å². The van der Waals surface area contributed by atoms with Gasteiger partial charge in [0, 0.05) is 18.8 Å². The maximum absolute atomic E-state index is 6.27. The number of benzene rings is 2. The molecule has 0 spiro atoms. The molecule has 0 radical (unpaired) electrons. The molecule has 0 aliphatic heterocycles. The van der Waals surface area contributed by atoms with Gasteiger partial charge in [0.05, 0.1) is 20.8 Å². The number of hydrogen-bond acceptors (Lipinski definition) is 6. The lowest BCUT2D eigenvalue weighted by Gasteiger charge is -2.10. The van der Waals surface area contributed by atoms with Crippen LogP contribution in [0.2, 0.25) is 15.1 Å². The van der Waals surface area contributed by atoms with Crippen LogP contribution in [0, 0.1) is 0 Å². The second-order valence-corrected chi connectivity index (χ2v) is 7.13. The molecule has 0 aliphatic rings. The molecule has 0 saturated carbocycles. The smallest absolute Gasteiger partial charge is 0.248 e. The molecule has 4 aromatic rings. The summed E-state index contributed by atoms with van der Waals surface area (Å²) >= 11 is 18.2. The molecule has 0 saturated heterocycles. The molecule has 29 heavy (non-hydrogen) atoms. The number of nitrogens with one attached hydrogen (secondary N) is 1. The Morgan fingerprint density at radius 1 is 1.00 bits per heavy atom. The number of ether oxygens (including phenoxy) is 1. The van der Waals surface area contributed by atoms with Crippen LogP contribution in [0.15, 0.2) is 60.8 Å². The summed E-state index contributed by atoms with van der Waals surface area (Å²) < 4.78 is 7.25. The molecule has 2 aromatic heterocycles. The van der Waals surface area contributed by atoms with Gasteiger partial charge in [-0.25, -0.2) is 4.98 Å². The van der Waals surface area contributed by atoms with E-state index in [1.54, 1.807) is 30.3 Å². The Labute approximate surface area is 181 Å². The minimum Gasteiger partial charge on any atom is -0.439 e. The quantitative estimate of drug-likeness (QED) is 0.425. The number of tetrazole rings is 1. The summed E-state index contributed by atoms with van der Waals surface area (Å²) in [6.07, 6.45) is 1.53. The number of rotatable bonds is 6. The first-order valence-corrected chi connectivity index (χ1v) is 9.58. The van der Waals surface area contributed by atoms with E-state index in [4.69, 9.17) is 39.5 Å². The zero-order valence-corrected chi connectivity index (χ0v) is 17.0. The SMILES string of the molecule is Clc1ccc(Oc2cccc(CNc3nnnn3-c3cccc(Cl)c3Cl)c2)nc1. The second-order valence-electron chi connectivity index (χ2n) is 5.90. The lowest BCUT2D eigenvalue weighted by atomic mass is 10.2. The molecule has 7 nitrogen and oxygen atoms in total.